The summed E-state index contributed by atoms with van der Waals surface area (Å²) >= 11 is 3.34. The summed E-state index contributed by atoms with van der Waals surface area (Å²) in [5.74, 6) is 1.00. The molecule has 0 radical (unpaired) electrons. The topological polar surface area (TPSA) is 48.1 Å². The molecule has 0 fully saturated rings. The van der Waals surface area contributed by atoms with Gasteiger partial charge in [0.05, 0.1) is 0 Å². The van der Waals surface area contributed by atoms with Gasteiger partial charge in [-0.1, -0.05) is 29.8 Å². The maximum atomic E-state index is 5.73. The predicted molar refractivity (Wildman–Crippen MR) is 71.9 cm³/mol. The van der Waals surface area contributed by atoms with Crippen LogP contribution in [0.3, 0.4) is 0 Å². The van der Waals surface area contributed by atoms with Crippen LogP contribution in [0.25, 0.3) is 0 Å². The Kier molecular flexibility index (Phi) is 3.64. The lowest BCUT2D eigenvalue weighted by molar-refractivity contribution is 0.306. The van der Waals surface area contributed by atoms with Crippen LogP contribution in [0.15, 0.2) is 41.0 Å². The van der Waals surface area contributed by atoms with E-state index in [9.17, 15) is 0 Å². The highest BCUT2D eigenvalue weighted by atomic mass is 79.9. The highest BCUT2D eigenvalue weighted by Crippen LogP contribution is 2.24. The summed E-state index contributed by atoms with van der Waals surface area (Å²) < 4.78 is 6.49. The van der Waals surface area contributed by atoms with Crippen LogP contribution in [0.4, 0.5) is 5.82 Å². The average Bonchev–Trinajstić information content (AvgIpc) is 2.30. The molecule has 2 N–H and O–H groups in total. The number of aryl methyl sites for hydroxylation is 1. The van der Waals surface area contributed by atoms with Crippen LogP contribution in [-0.2, 0) is 6.61 Å². The summed E-state index contributed by atoms with van der Waals surface area (Å²) in [6.45, 7) is 2.54. The number of hydrogen-bond acceptors (Lipinski definition) is 3. The summed E-state index contributed by atoms with van der Waals surface area (Å²) in [6, 6.07) is 9.99. The molecule has 17 heavy (non-hydrogen) atoms. The second-order valence-corrected chi connectivity index (χ2v) is 4.73. The fraction of sp³-hybridized carbons (Fsp3) is 0.154. The molecule has 0 aliphatic heterocycles. The van der Waals surface area contributed by atoms with Crippen molar-refractivity contribution in [2.45, 2.75) is 13.5 Å². The van der Waals surface area contributed by atoms with Gasteiger partial charge in [0.1, 0.15) is 6.61 Å². The monoisotopic (exact) mass is 292 g/mol. The van der Waals surface area contributed by atoms with Crippen LogP contribution in [-0.4, -0.2) is 4.98 Å². The number of hydrogen-bond donors (Lipinski definition) is 1. The molecular weight excluding hydrogens is 280 g/mol. The second kappa shape index (κ2) is 5.19. The molecule has 0 amide bonds. The Morgan fingerprint density at radius 2 is 2.18 bits per heavy atom. The maximum absolute atomic E-state index is 5.73. The van der Waals surface area contributed by atoms with Crippen molar-refractivity contribution in [2.24, 2.45) is 0 Å². The zero-order valence-electron chi connectivity index (χ0n) is 9.48. The van der Waals surface area contributed by atoms with E-state index in [0.29, 0.717) is 18.2 Å². The molecule has 0 spiro atoms. The molecule has 1 aromatic heterocycles. The Balaban J connectivity index is 2.09. The molecule has 0 bridgehead atoms. The highest BCUT2D eigenvalue weighted by Gasteiger charge is 2.03. The van der Waals surface area contributed by atoms with Gasteiger partial charge in [0.15, 0.2) is 11.6 Å². The zero-order valence-corrected chi connectivity index (χ0v) is 11.1. The lowest BCUT2D eigenvalue weighted by Gasteiger charge is -2.08. The number of nitrogens with zero attached hydrogens (tertiary/aromatic N) is 1. The number of halogens is 1. The molecule has 0 aliphatic rings. The molecule has 0 saturated carbocycles. The van der Waals surface area contributed by atoms with Crippen molar-refractivity contribution in [1.29, 1.82) is 0 Å². The van der Waals surface area contributed by atoms with Gasteiger partial charge in [0, 0.05) is 10.7 Å². The first-order valence-corrected chi connectivity index (χ1v) is 6.04. The third-order valence-corrected chi connectivity index (χ3v) is 2.76. The van der Waals surface area contributed by atoms with E-state index in [1.165, 1.54) is 5.56 Å². The van der Waals surface area contributed by atoms with Gasteiger partial charge in [-0.15, -0.1) is 0 Å². The Labute approximate surface area is 109 Å². The molecule has 2 aromatic rings. The van der Waals surface area contributed by atoms with E-state index < -0.39 is 0 Å². The Hall–Kier alpha value is -1.55. The minimum Gasteiger partial charge on any atom is -0.485 e. The van der Waals surface area contributed by atoms with Crippen LogP contribution >= 0.6 is 15.9 Å². The number of pyridine rings is 1. The molecule has 1 aromatic carbocycles. The highest BCUT2D eigenvalue weighted by molar-refractivity contribution is 9.10. The number of aromatic nitrogens is 1. The predicted octanol–water partition coefficient (Wildman–Crippen LogP) is 3.31. The molecular formula is C13H13BrN2O. The number of nitrogen functional groups attached to an aromatic ring is 1. The molecule has 4 heteroatoms. The SMILES string of the molecule is Cc1cccc(COc2cc(Br)cnc2N)c1. The van der Waals surface area contributed by atoms with Gasteiger partial charge >= 0.3 is 0 Å². The standard InChI is InChI=1S/C13H13BrN2O/c1-9-3-2-4-10(5-9)8-17-12-6-11(14)7-16-13(12)15/h2-7H,8H2,1H3,(H2,15,16). The van der Waals surface area contributed by atoms with Crippen molar-refractivity contribution < 1.29 is 4.74 Å². The first kappa shape index (κ1) is 11.9. The van der Waals surface area contributed by atoms with Crippen LogP contribution in [0.5, 0.6) is 5.75 Å². The zero-order chi connectivity index (χ0) is 12.3. The summed E-state index contributed by atoms with van der Waals surface area (Å²) in [7, 11) is 0. The number of benzene rings is 1. The van der Waals surface area contributed by atoms with Crippen LogP contribution in [0, 0.1) is 6.92 Å². The Bertz CT molecular complexity index is 529. The maximum Gasteiger partial charge on any atom is 0.166 e. The summed E-state index contributed by atoms with van der Waals surface area (Å²) in [6.07, 6.45) is 1.65. The van der Waals surface area contributed by atoms with E-state index in [4.69, 9.17) is 10.5 Å². The third-order valence-electron chi connectivity index (χ3n) is 2.33. The first-order valence-electron chi connectivity index (χ1n) is 5.24. The van der Waals surface area contributed by atoms with E-state index in [1.54, 1.807) is 6.20 Å². The fourth-order valence-corrected chi connectivity index (χ4v) is 1.82. The number of rotatable bonds is 3. The minimum atomic E-state index is 0.404. The third kappa shape index (κ3) is 3.20. The summed E-state index contributed by atoms with van der Waals surface area (Å²) in [5.41, 5.74) is 8.06. The van der Waals surface area contributed by atoms with Crippen molar-refractivity contribution in [3.05, 3.63) is 52.1 Å². The fourth-order valence-electron chi connectivity index (χ4n) is 1.51. The van der Waals surface area contributed by atoms with Gasteiger partial charge in [-0.25, -0.2) is 4.98 Å². The molecule has 0 aliphatic carbocycles. The quantitative estimate of drug-likeness (QED) is 0.944. The lowest BCUT2D eigenvalue weighted by Crippen LogP contribution is -2.00. The Morgan fingerprint density at radius 1 is 1.35 bits per heavy atom. The van der Waals surface area contributed by atoms with E-state index in [2.05, 4.69) is 40.0 Å². The number of nitrogens with two attached hydrogens (primary N) is 1. The molecule has 1 heterocycles. The summed E-state index contributed by atoms with van der Waals surface area (Å²) in [4.78, 5) is 4.01. The van der Waals surface area contributed by atoms with E-state index in [0.717, 1.165) is 10.0 Å². The van der Waals surface area contributed by atoms with Gasteiger partial charge in [0.25, 0.3) is 0 Å². The van der Waals surface area contributed by atoms with Gasteiger partial charge in [-0.05, 0) is 34.5 Å². The largest absolute Gasteiger partial charge is 0.485 e. The van der Waals surface area contributed by atoms with Gasteiger partial charge < -0.3 is 10.5 Å². The molecule has 0 atom stereocenters. The first-order chi connectivity index (χ1) is 8.15. The van der Waals surface area contributed by atoms with Crippen molar-refractivity contribution in [2.75, 3.05) is 5.73 Å². The van der Waals surface area contributed by atoms with Crippen LogP contribution in [0.1, 0.15) is 11.1 Å². The van der Waals surface area contributed by atoms with Gasteiger partial charge in [0.2, 0.25) is 0 Å². The molecule has 0 saturated heterocycles. The van der Waals surface area contributed by atoms with Gasteiger partial charge in [-0.2, -0.15) is 0 Å². The Morgan fingerprint density at radius 3 is 2.94 bits per heavy atom. The van der Waals surface area contributed by atoms with E-state index in [-0.39, 0.29) is 0 Å². The minimum absolute atomic E-state index is 0.404. The van der Waals surface area contributed by atoms with Crippen LogP contribution in [0.2, 0.25) is 0 Å². The van der Waals surface area contributed by atoms with Crippen molar-refractivity contribution in [3.8, 4) is 5.75 Å². The summed E-state index contributed by atoms with van der Waals surface area (Å²) in [5, 5.41) is 0. The number of anilines is 1. The molecule has 3 nitrogen and oxygen atoms in total. The van der Waals surface area contributed by atoms with E-state index >= 15 is 0 Å². The van der Waals surface area contributed by atoms with Crippen molar-refractivity contribution in [1.82, 2.24) is 4.98 Å². The molecule has 88 valence electrons. The smallest absolute Gasteiger partial charge is 0.166 e. The van der Waals surface area contributed by atoms with Gasteiger partial charge in [-0.3, -0.25) is 0 Å². The molecule has 2 rings (SSSR count). The second-order valence-electron chi connectivity index (χ2n) is 3.81. The van der Waals surface area contributed by atoms with Crippen molar-refractivity contribution >= 4 is 21.7 Å². The molecule has 0 unspecified atom stereocenters. The number of ether oxygens (including phenoxy) is 1. The average molecular weight is 293 g/mol. The van der Waals surface area contributed by atoms with Crippen molar-refractivity contribution in [3.63, 3.8) is 0 Å². The van der Waals surface area contributed by atoms with E-state index in [1.807, 2.05) is 18.2 Å². The lowest BCUT2D eigenvalue weighted by atomic mass is 10.1. The normalized spacial score (nSPS) is 10.2. The van der Waals surface area contributed by atoms with Crippen LogP contribution < -0.4 is 10.5 Å².